The zero-order chi connectivity index (χ0) is 13.2. The Morgan fingerprint density at radius 1 is 1.53 bits per heavy atom. The molecule has 0 amide bonds. The smallest absolute Gasteiger partial charge is 0.191 e. The Balaban J connectivity index is 1.51. The largest absolute Gasteiger partial charge is 0.373 e. The molecule has 0 spiro atoms. The summed E-state index contributed by atoms with van der Waals surface area (Å²) < 4.78 is 7.90. The Labute approximate surface area is 114 Å². The first-order valence-electron chi connectivity index (χ1n) is 6.98. The van der Waals surface area contributed by atoms with Crippen molar-refractivity contribution < 1.29 is 4.74 Å². The van der Waals surface area contributed by atoms with Crippen LogP contribution in [0.2, 0.25) is 0 Å². The van der Waals surface area contributed by atoms with Crippen LogP contribution in [0.4, 0.5) is 0 Å². The van der Waals surface area contributed by atoms with E-state index < -0.39 is 0 Å². The fraction of sp³-hybridized carbons (Fsp3) is 0.643. The second-order valence-corrected chi connectivity index (χ2v) is 5.47. The fourth-order valence-corrected chi connectivity index (χ4v) is 3.01. The summed E-state index contributed by atoms with van der Waals surface area (Å²) >= 11 is 0. The standard InChI is InChI=1S/C14H22N4O/c1-15-14(16-8-10-5-6-18(2)9-10)17-12-7-11-3-4-13(12)19-11/h5-6,9,11-13H,3-4,7-8H2,1-2H3,(H2,15,16,17). The minimum atomic E-state index is 0.375. The molecule has 5 heteroatoms. The number of aromatic nitrogens is 1. The van der Waals surface area contributed by atoms with Gasteiger partial charge in [0.15, 0.2) is 5.96 Å². The number of guanidine groups is 1. The lowest BCUT2D eigenvalue weighted by Gasteiger charge is -2.22. The average Bonchev–Trinajstić information content (AvgIpc) is 3.11. The first-order chi connectivity index (χ1) is 9.24. The van der Waals surface area contributed by atoms with Crippen molar-refractivity contribution in [3.63, 3.8) is 0 Å². The van der Waals surface area contributed by atoms with Gasteiger partial charge in [-0.25, -0.2) is 0 Å². The third-order valence-electron chi connectivity index (χ3n) is 4.00. The highest BCUT2D eigenvalue weighted by Gasteiger charge is 2.41. The van der Waals surface area contributed by atoms with Gasteiger partial charge < -0.3 is 19.9 Å². The van der Waals surface area contributed by atoms with Crippen LogP contribution in [0.3, 0.4) is 0 Å². The third kappa shape index (κ3) is 2.76. The monoisotopic (exact) mass is 262 g/mol. The van der Waals surface area contributed by atoms with E-state index in [4.69, 9.17) is 4.74 Å². The molecule has 3 atom stereocenters. The molecule has 0 aliphatic carbocycles. The molecule has 2 bridgehead atoms. The number of hydrogen-bond donors (Lipinski definition) is 2. The van der Waals surface area contributed by atoms with Gasteiger partial charge in [-0.15, -0.1) is 0 Å². The van der Waals surface area contributed by atoms with E-state index in [1.54, 1.807) is 0 Å². The SMILES string of the molecule is CN=C(NCc1ccn(C)c1)NC1CC2CCC1O2. The van der Waals surface area contributed by atoms with E-state index in [2.05, 4.69) is 38.7 Å². The van der Waals surface area contributed by atoms with E-state index in [0.717, 1.165) is 18.9 Å². The average molecular weight is 262 g/mol. The highest BCUT2D eigenvalue weighted by molar-refractivity contribution is 5.80. The van der Waals surface area contributed by atoms with Crippen molar-refractivity contribution in [2.45, 2.75) is 44.1 Å². The van der Waals surface area contributed by atoms with E-state index >= 15 is 0 Å². The fourth-order valence-electron chi connectivity index (χ4n) is 3.01. The number of fused-ring (bicyclic) bond motifs is 2. The number of nitrogens with zero attached hydrogens (tertiary/aromatic N) is 2. The van der Waals surface area contributed by atoms with Crippen molar-refractivity contribution >= 4 is 5.96 Å². The molecule has 104 valence electrons. The van der Waals surface area contributed by atoms with Crippen LogP contribution in [0.25, 0.3) is 0 Å². The van der Waals surface area contributed by atoms with Gasteiger partial charge in [0, 0.05) is 33.0 Å². The van der Waals surface area contributed by atoms with E-state index in [-0.39, 0.29) is 0 Å². The number of rotatable bonds is 3. The zero-order valence-electron chi connectivity index (χ0n) is 11.6. The molecule has 19 heavy (non-hydrogen) atoms. The van der Waals surface area contributed by atoms with Gasteiger partial charge in [-0.05, 0) is 30.9 Å². The van der Waals surface area contributed by atoms with E-state index in [9.17, 15) is 0 Å². The Hall–Kier alpha value is -1.49. The lowest BCUT2D eigenvalue weighted by Crippen LogP contribution is -2.47. The summed E-state index contributed by atoms with van der Waals surface area (Å²) in [6.07, 6.45) is 8.51. The Morgan fingerprint density at radius 2 is 2.42 bits per heavy atom. The molecule has 1 aromatic rings. The topological polar surface area (TPSA) is 50.6 Å². The van der Waals surface area contributed by atoms with E-state index in [0.29, 0.717) is 18.2 Å². The van der Waals surface area contributed by atoms with Crippen molar-refractivity contribution in [2.24, 2.45) is 12.0 Å². The summed E-state index contributed by atoms with van der Waals surface area (Å²) in [6.45, 7) is 0.794. The summed E-state index contributed by atoms with van der Waals surface area (Å²) in [7, 11) is 3.84. The van der Waals surface area contributed by atoms with Gasteiger partial charge in [-0.3, -0.25) is 4.99 Å². The maximum atomic E-state index is 5.85. The second-order valence-electron chi connectivity index (χ2n) is 5.47. The van der Waals surface area contributed by atoms with Gasteiger partial charge >= 0.3 is 0 Å². The molecular weight excluding hydrogens is 240 g/mol. The first-order valence-corrected chi connectivity index (χ1v) is 6.98. The highest BCUT2D eigenvalue weighted by Crippen LogP contribution is 2.34. The number of ether oxygens (including phenoxy) is 1. The van der Waals surface area contributed by atoms with Gasteiger partial charge in [-0.1, -0.05) is 0 Å². The number of nitrogens with one attached hydrogen (secondary N) is 2. The van der Waals surface area contributed by atoms with Gasteiger partial charge in [-0.2, -0.15) is 0 Å². The van der Waals surface area contributed by atoms with Crippen molar-refractivity contribution in [3.8, 4) is 0 Å². The molecule has 0 saturated carbocycles. The van der Waals surface area contributed by atoms with Crippen LogP contribution in [0, 0.1) is 0 Å². The first kappa shape index (κ1) is 12.5. The molecule has 2 saturated heterocycles. The van der Waals surface area contributed by atoms with Crippen molar-refractivity contribution in [1.82, 2.24) is 15.2 Å². The molecule has 0 aromatic carbocycles. The Kier molecular flexibility index (Phi) is 3.46. The van der Waals surface area contributed by atoms with Gasteiger partial charge in [0.1, 0.15) is 0 Å². The summed E-state index contributed by atoms with van der Waals surface area (Å²) in [5.41, 5.74) is 1.26. The van der Waals surface area contributed by atoms with E-state index in [1.165, 1.54) is 18.4 Å². The summed E-state index contributed by atoms with van der Waals surface area (Å²) in [6, 6.07) is 2.53. The number of aliphatic imine (C=N–C) groups is 1. The minimum Gasteiger partial charge on any atom is -0.373 e. The minimum absolute atomic E-state index is 0.375. The number of aryl methyl sites for hydroxylation is 1. The summed E-state index contributed by atoms with van der Waals surface area (Å²) in [4.78, 5) is 4.29. The second kappa shape index (κ2) is 5.25. The lowest BCUT2D eigenvalue weighted by molar-refractivity contribution is 0.0992. The zero-order valence-corrected chi connectivity index (χ0v) is 11.6. The summed E-state index contributed by atoms with van der Waals surface area (Å²) in [5.74, 6) is 0.866. The predicted octanol–water partition coefficient (Wildman–Crippen LogP) is 1.01. The summed E-state index contributed by atoms with van der Waals surface area (Å²) in [5, 5.41) is 6.84. The van der Waals surface area contributed by atoms with Gasteiger partial charge in [0.2, 0.25) is 0 Å². The van der Waals surface area contributed by atoms with E-state index in [1.807, 2.05) is 14.1 Å². The molecule has 3 heterocycles. The molecule has 2 N–H and O–H groups in total. The van der Waals surface area contributed by atoms with Crippen molar-refractivity contribution in [2.75, 3.05) is 7.05 Å². The maximum Gasteiger partial charge on any atom is 0.191 e. The number of hydrogen-bond acceptors (Lipinski definition) is 2. The molecular formula is C14H22N4O. The van der Waals surface area contributed by atoms with Crippen LogP contribution < -0.4 is 10.6 Å². The van der Waals surface area contributed by atoms with Crippen LogP contribution >= 0.6 is 0 Å². The molecule has 5 nitrogen and oxygen atoms in total. The molecule has 2 fully saturated rings. The molecule has 2 aliphatic rings. The normalized spacial score (nSPS) is 29.8. The lowest BCUT2D eigenvalue weighted by atomic mass is 9.96. The Bertz CT molecular complexity index is 468. The van der Waals surface area contributed by atoms with Crippen LogP contribution in [0.15, 0.2) is 23.5 Å². The van der Waals surface area contributed by atoms with Crippen molar-refractivity contribution in [1.29, 1.82) is 0 Å². The van der Waals surface area contributed by atoms with Crippen molar-refractivity contribution in [3.05, 3.63) is 24.0 Å². The van der Waals surface area contributed by atoms with Crippen LogP contribution in [-0.4, -0.2) is 35.8 Å². The van der Waals surface area contributed by atoms with Gasteiger partial charge in [0.25, 0.3) is 0 Å². The predicted molar refractivity (Wildman–Crippen MR) is 75.0 cm³/mol. The third-order valence-corrected chi connectivity index (χ3v) is 4.00. The molecule has 3 unspecified atom stereocenters. The van der Waals surface area contributed by atoms with Gasteiger partial charge in [0.05, 0.1) is 18.2 Å². The van der Waals surface area contributed by atoms with Crippen LogP contribution in [0.5, 0.6) is 0 Å². The highest BCUT2D eigenvalue weighted by atomic mass is 16.5. The van der Waals surface area contributed by atoms with Crippen LogP contribution in [0.1, 0.15) is 24.8 Å². The Morgan fingerprint density at radius 3 is 3.00 bits per heavy atom. The molecule has 3 rings (SSSR count). The quantitative estimate of drug-likeness (QED) is 0.631. The maximum absolute atomic E-state index is 5.85. The van der Waals surface area contributed by atoms with Crippen LogP contribution in [-0.2, 0) is 18.3 Å². The molecule has 2 aliphatic heterocycles. The molecule has 1 aromatic heterocycles. The molecule has 0 radical (unpaired) electrons.